The van der Waals surface area contributed by atoms with E-state index in [2.05, 4.69) is 14.7 Å². The van der Waals surface area contributed by atoms with Gasteiger partial charge in [-0.05, 0) is 49.8 Å². The van der Waals surface area contributed by atoms with Crippen molar-refractivity contribution in [3.8, 4) is 11.8 Å². The molecule has 8 nitrogen and oxygen atoms in total. The predicted octanol–water partition coefficient (Wildman–Crippen LogP) is 3.91. The van der Waals surface area contributed by atoms with Crippen molar-refractivity contribution in [2.45, 2.75) is 25.2 Å². The molecule has 0 saturated carbocycles. The summed E-state index contributed by atoms with van der Waals surface area (Å²) in [6.45, 7) is 3.33. The van der Waals surface area contributed by atoms with Gasteiger partial charge < -0.3 is 4.57 Å². The van der Waals surface area contributed by atoms with Crippen LogP contribution in [-0.2, 0) is 20.8 Å². The van der Waals surface area contributed by atoms with Crippen LogP contribution in [0.3, 0.4) is 0 Å². The summed E-state index contributed by atoms with van der Waals surface area (Å²) in [7, 11) is -3.65. The zero-order chi connectivity index (χ0) is 24.6. The van der Waals surface area contributed by atoms with Gasteiger partial charge in [-0.2, -0.15) is 27.8 Å². The maximum Gasteiger partial charge on any atom is 0.416 e. The number of amides is 1. The van der Waals surface area contributed by atoms with Gasteiger partial charge in [-0.15, -0.1) is 0 Å². The monoisotopic (exact) mass is 495 g/mol. The molecule has 0 aliphatic heterocycles. The SMILES string of the molecule is Cc1cc(/C=C(/C#N)C(=O)Nc2nc(S(C)(=O)=O)ns2)c(C)n1-c1cccc(C(F)(F)F)c1. The van der Waals surface area contributed by atoms with Gasteiger partial charge in [0.15, 0.2) is 0 Å². The molecule has 172 valence electrons. The third-order valence-corrected chi connectivity index (χ3v) is 6.12. The van der Waals surface area contributed by atoms with Crippen LogP contribution >= 0.6 is 11.5 Å². The summed E-state index contributed by atoms with van der Waals surface area (Å²) in [5.74, 6) is -0.836. The summed E-state index contributed by atoms with van der Waals surface area (Å²) in [6, 6.07) is 8.20. The Balaban J connectivity index is 1.93. The van der Waals surface area contributed by atoms with Gasteiger partial charge in [0.25, 0.3) is 11.1 Å². The fraction of sp³-hybridized carbons (Fsp3) is 0.200. The number of nitriles is 1. The molecule has 33 heavy (non-hydrogen) atoms. The minimum atomic E-state index is -4.50. The zero-order valence-corrected chi connectivity index (χ0v) is 19.1. The molecule has 3 aromatic rings. The highest BCUT2D eigenvalue weighted by atomic mass is 32.2. The smallest absolute Gasteiger partial charge is 0.318 e. The molecule has 0 radical (unpaired) electrons. The quantitative estimate of drug-likeness (QED) is 0.424. The van der Waals surface area contributed by atoms with Gasteiger partial charge >= 0.3 is 6.18 Å². The number of hydrogen-bond donors (Lipinski definition) is 1. The number of nitrogens with zero attached hydrogens (tertiary/aromatic N) is 4. The van der Waals surface area contributed by atoms with Crippen LogP contribution in [0.5, 0.6) is 0 Å². The lowest BCUT2D eigenvalue weighted by Crippen LogP contribution is -2.13. The molecule has 0 aliphatic rings. The lowest BCUT2D eigenvalue weighted by atomic mass is 10.1. The van der Waals surface area contributed by atoms with Crippen LogP contribution in [0.25, 0.3) is 11.8 Å². The number of alkyl halides is 3. The Kier molecular flexibility index (Phi) is 6.44. The maximum absolute atomic E-state index is 13.1. The molecule has 1 amide bonds. The number of anilines is 1. The van der Waals surface area contributed by atoms with Gasteiger partial charge in [0.1, 0.15) is 11.6 Å². The van der Waals surface area contributed by atoms with E-state index in [0.29, 0.717) is 28.5 Å². The van der Waals surface area contributed by atoms with E-state index < -0.39 is 32.6 Å². The average Bonchev–Trinajstić information content (AvgIpc) is 3.29. The largest absolute Gasteiger partial charge is 0.416 e. The number of hydrogen-bond acceptors (Lipinski definition) is 7. The van der Waals surface area contributed by atoms with E-state index in [9.17, 15) is 31.6 Å². The molecular formula is C20H16F3N5O3S2. The summed E-state index contributed by atoms with van der Waals surface area (Å²) in [6.07, 6.45) is -2.29. The van der Waals surface area contributed by atoms with Gasteiger partial charge in [-0.1, -0.05) is 6.07 Å². The van der Waals surface area contributed by atoms with Crippen molar-refractivity contribution >= 4 is 38.5 Å². The molecule has 2 aromatic heterocycles. The lowest BCUT2D eigenvalue weighted by Gasteiger charge is -2.13. The maximum atomic E-state index is 13.1. The standard InChI is InChI=1S/C20H16F3N5O3S2/c1-11-7-13(12(2)28(11)16-6-4-5-15(9-16)20(21,22)23)8-14(10-24)17(29)25-18-26-19(27-32-18)33(3,30)31/h4-9H,1-3H3,(H,25,26,27,29)/b14-8-. The Morgan fingerprint density at radius 1 is 1.27 bits per heavy atom. The molecule has 0 spiro atoms. The molecule has 1 aromatic carbocycles. The molecule has 0 atom stereocenters. The number of sulfone groups is 1. The minimum absolute atomic E-state index is 0.101. The van der Waals surface area contributed by atoms with Crippen LogP contribution in [0.2, 0.25) is 0 Å². The second-order valence-electron chi connectivity index (χ2n) is 6.99. The highest BCUT2D eigenvalue weighted by Crippen LogP contribution is 2.31. The topological polar surface area (TPSA) is 118 Å². The van der Waals surface area contributed by atoms with Crippen LogP contribution in [0.1, 0.15) is 22.5 Å². The van der Waals surface area contributed by atoms with Crippen molar-refractivity contribution in [2.24, 2.45) is 0 Å². The van der Waals surface area contributed by atoms with Crippen LogP contribution in [0.4, 0.5) is 18.3 Å². The molecule has 0 unspecified atom stereocenters. The fourth-order valence-electron chi connectivity index (χ4n) is 3.03. The lowest BCUT2D eigenvalue weighted by molar-refractivity contribution is -0.137. The fourth-order valence-corrected chi connectivity index (χ4v) is 4.47. The number of benzene rings is 1. The van der Waals surface area contributed by atoms with Crippen LogP contribution in [0, 0.1) is 25.2 Å². The Morgan fingerprint density at radius 3 is 2.55 bits per heavy atom. The number of carbonyl (C=O) groups is 1. The first-order chi connectivity index (χ1) is 15.3. The Labute approximate surface area is 191 Å². The van der Waals surface area contributed by atoms with Crippen molar-refractivity contribution in [2.75, 3.05) is 11.6 Å². The third kappa shape index (κ3) is 5.29. The van der Waals surface area contributed by atoms with Gasteiger partial charge in [-0.3, -0.25) is 10.1 Å². The van der Waals surface area contributed by atoms with Gasteiger partial charge in [-0.25, -0.2) is 8.42 Å². The number of aromatic nitrogens is 3. The summed E-state index contributed by atoms with van der Waals surface area (Å²) in [5, 5.41) is 11.2. The summed E-state index contributed by atoms with van der Waals surface area (Å²) < 4.78 is 67.5. The van der Waals surface area contributed by atoms with Crippen LogP contribution in [0.15, 0.2) is 41.1 Å². The van der Waals surface area contributed by atoms with E-state index in [1.807, 2.05) is 0 Å². The van der Waals surface area contributed by atoms with Gasteiger partial charge in [0, 0.05) is 34.9 Å². The van der Waals surface area contributed by atoms with Crippen molar-refractivity contribution in [1.29, 1.82) is 5.26 Å². The summed E-state index contributed by atoms with van der Waals surface area (Å²) >= 11 is 0.644. The first-order valence-corrected chi connectivity index (χ1v) is 11.8. The van der Waals surface area contributed by atoms with E-state index >= 15 is 0 Å². The number of aryl methyl sites for hydroxylation is 1. The molecule has 0 saturated heterocycles. The van der Waals surface area contributed by atoms with E-state index in [4.69, 9.17) is 0 Å². The summed E-state index contributed by atoms with van der Waals surface area (Å²) in [5.41, 5.74) is 0.734. The highest BCUT2D eigenvalue weighted by molar-refractivity contribution is 7.90. The molecular weight excluding hydrogens is 479 g/mol. The first kappa shape index (κ1) is 24.1. The van der Waals surface area contributed by atoms with Crippen LogP contribution < -0.4 is 5.32 Å². The van der Waals surface area contributed by atoms with Crippen molar-refractivity contribution in [1.82, 2.24) is 13.9 Å². The third-order valence-electron chi connectivity index (χ3n) is 4.53. The molecule has 13 heteroatoms. The second-order valence-corrected chi connectivity index (χ2v) is 9.65. The molecule has 3 rings (SSSR count). The van der Waals surface area contributed by atoms with Crippen LogP contribution in [-0.4, -0.2) is 34.5 Å². The van der Waals surface area contributed by atoms with Crippen molar-refractivity contribution in [3.05, 3.63) is 58.4 Å². The zero-order valence-electron chi connectivity index (χ0n) is 17.4. The minimum Gasteiger partial charge on any atom is -0.318 e. The molecule has 2 heterocycles. The van der Waals surface area contributed by atoms with Crippen molar-refractivity contribution in [3.63, 3.8) is 0 Å². The highest BCUT2D eigenvalue weighted by Gasteiger charge is 2.30. The Bertz CT molecular complexity index is 1410. The second kappa shape index (κ2) is 8.80. The first-order valence-electron chi connectivity index (χ1n) is 9.14. The predicted molar refractivity (Wildman–Crippen MR) is 115 cm³/mol. The summed E-state index contributed by atoms with van der Waals surface area (Å²) in [4.78, 5) is 16.2. The van der Waals surface area contributed by atoms with Gasteiger partial charge in [0.05, 0.1) is 5.56 Å². The normalized spacial score (nSPS) is 12.5. The molecule has 0 fully saturated rings. The average molecular weight is 496 g/mol. The number of carbonyl (C=O) groups excluding carboxylic acids is 1. The van der Waals surface area contributed by atoms with E-state index in [-0.39, 0.29) is 16.4 Å². The molecule has 1 N–H and O–H groups in total. The molecule has 0 bridgehead atoms. The van der Waals surface area contributed by atoms with E-state index in [1.165, 1.54) is 18.2 Å². The van der Waals surface area contributed by atoms with Crippen molar-refractivity contribution < 1.29 is 26.4 Å². The number of rotatable bonds is 5. The van der Waals surface area contributed by atoms with Gasteiger partial charge in [0.2, 0.25) is 15.0 Å². The molecule has 0 aliphatic carbocycles. The number of halogens is 3. The Hall–Kier alpha value is -3.50. The Morgan fingerprint density at radius 2 is 1.97 bits per heavy atom. The van der Waals surface area contributed by atoms with E-state index in [1.54, 1.807) is 30.6 Å². The number of nitrogens with one attached hydrogen (secondary N) is 1. The van der Waals surface area contributed by atoms with E-state index in [0.717, 1.165) is 18.4 Å².